The van der Waals surface area contributed by atoms with Crippen LogP contribution in [0, 0.1) is 0 Å². The predicted octanol–water partition coefficient (Wildman–Crippen LogP) is 2.40. The average Bonchev–Trinajstić information content (AvgIpc) is 2.48. The van der Waals surface area contributed by atoms with Crippen LogP contribution in [0.5, 0.6) is 0 Å². The van der Waals surface area contributed by atoms with Crippen molar-refractivity contribution < 1.29 is 23.9 Å². The molecule has 0 saturated carbocycles. The summed E-state index contributed by atoms with van der Waals surface area (Å²) in [4.78, 5) is 34.1. The third kappa shape index (κ3) is 5.60. The van der Waals surface area contributed by atoms with Gasteiger partial charge in [0.25, 0.3) is 5.78 Å². The molecule has 5 heteroatoms. The Balaban J connectivity index is 2.62. The fourth-order valence-corrected chi connectivity index (χ4v) is 1.57. The largest absolute Gasteiger partial charge is 0.466 e. The van der Waals surface area contributed by atoms with Gasteiger partial charge in [0.2, 0.25) is 0 Å². The van der Waals surface area contributed by atoms with E-state index in [4.69, 9.17) is 4.74 Å². The van der Waals surface area contributed by atoms with E-state index in [9.17, 15) is 14.4 Å². The summed E-state index contributed by atoms with van der Waals surface area (Å²) >= 11 is 0. The second kappa shape index (κ2) is 8.68. The van der Waals surface area contributed by atoms with Gasteiger partial charge >= 0.3 is 11.9 Å². The molecular weight excluding hydrogens is 272 g/mol. The molecule has 0 aliphatic heterocycles. The van der Waals surface area contributed by atoms with E-state index in [0.717, 1.165) is 5.56 Å². The molecule has 0 amide bonds. The Morgan fingerprint density at radius 1 is 1.00 bits per heavy atom. The molecular formula is C16H18O5. The normalized spacial score (nSPS) is 10.4. The number of hydrogen-bond acceptors (Lipinski definition) is 5. The Labute approximate surface area is 123 Å². The van der Waals surface area contributed by atoms with E-state index >= 15 is 0 Å². The smallest absolute Gasteiger partial charge is 0.379 e. The van der Waals surface area contributed by atoms with E-state index in [0.29, 0.717) is 6.61 Å². The van der Waals surface area contributed by atoms with Crippen molar-refractivity contribution >= 4 is 23.8 Å². The SMILES string of the molecule is CCOC(=O)CC=Cc1ccc(C(=O)C(=O)OCC)cc1. The molecule has 1 rings (SSSR count). The first kappa shape index (κ1) is 16.6. The van der Waals surface area contributed by atoms with Crippen LogP contribution < -0.4 is 0 Å². The summed E-state index contributed by atoms with van der Waals surface area (Å²) in [5.41, 5.74) is 1.09. The number of carbonyl (C=O) groups is 3. The van der Waals surface area contributed by atoms with Crippen molar-refractivity contribution in [2.75, 3.05) is 13.2 Å². The molecule has 0 unspecified atom stereocenters. The Bertz CT molecular complexity index is 528. The summed E-state index contributed by atoms with van der Waals surface area (Å²) < 4.78 is 9.44. The number of carbonyl (C=O) groups excluding carboxylic acids is 3. The molecule has 0 fully saturated rings. The van der Waals surface area contributed by atoms with Crippen molar-refractivity contribution in [1.29, 1.82) is 0 Å². The second-order valence-corrected chi connectivity index (χ2v) is 4.08. The molecule has 0 aromatic heterocycles. The number of hydrogen-bond donors (Lipinski definition) is 0. The molecule has 112 valence electrons. The molecule has 0 spiro atoms. The summed E-state index contributed by atoms with van der Waals surface area (Å²) in [7, 11) is 0. The maximum atomic E-state index is 11.7. The van der Waals surface area contributed by atoms with Gasteiger partial charge in [0.05, 0.1) is 19.6 Å². The van der Waals surface area contributed by atoms with Gasteiger partial charge in [0.1, 0.15) is 0 Å². The van der Waals surface area contributed by atoms with Gasteiger partial charge in [-0.2, -0.15) is 0 Å². The van der Waals surface area contributed by atoms with Crippen molar-refractivity contribution in [3.63, 3.8) is 0 Å². The second-order valence-electron chi connectivity index (χ2n) is 4.08. The Morgan fingerprint density at radius 3 is 2.19 bits per heavy atom. The Hall–Kier alpha value is -2.43. The third-order valence-corrected chi connectivity index (χ3v) is 2.53. The molecule has 0 N–H and O–H groups in total. The summed E-state index contributed by atoms with van der Waals surface area (Å²) in [5, 5.41) is 0. The highest BCUT2D eigenvalue weighted by atomic mass is 16.5. The van der Waals surface area contributed by atoms with Gasteiger partial charge in [-0.3, -0.25) is 9.59 Å². The molecule has 0 aliphatic carbocycles. The zero-order chi connectivity index (χ0) is 15.7. The number of ketones is 1. The predicted molar refractivity (Wildman–Crippen MR) is 77.7 cm³/mol. The number of ether oxygens (including phenoxy) is 2. The standard InChI is InChI=1S/C16H18O5/c1-3-20-14(17)7-5-6-12-8-10-13(11-9-12)15(18)16(19)21-4-2/h5-6,8-11H,3-4,7H2,1-2H3. The highest BCUT2D eigenvalue weighted by Crippen LogP contribution is 2.08. The van der Waals surface area contributed by atoms with Crippen LogP contribution in [0.3, 0.4) is 0 Å². The first-order valence-electron chi connectivity index (χ1n) is 6.72. The minimum atomic E-state index is -0.858. The molecule has 5 nitrogen and oxygen atoms in total. The molecule has 0 bridgehead atoms. The quantitative estimate of drug-likeness (QED) is 0.438. The van der Waals surface area contributed by atoms with Gasteiger partial charge in [-0.1, -0.05) is 36.4 Å². The van der Waals surface area contributed by atoms with E-state index in [1.165, 1.54) is 0 Å². The van der Waals surface area contributed by atoms with Crippen molar-refractivity contribution in [3.8, 4) is 0 Å². The van der Waals surface area contributed by atoms with Gasteiger partial charge in [0.15, 0.2) is 0 Å². The number of Topliss-reactive ketones (excluding diaryl/α,β-unsaturated/α-hetero) is 1. The first-order chi connectivity index (χ1) is 10.1. The molecule has 0 radical (unpaired) electrons. The van der Waals surface area contributed by atoms with Crippen molar-refractivity contribution in [1.82, 2.24) is 0 Å². The monoisotopic (exact) mass is 290 g/mol. The lowest BCUT2D eigenvalue weighted by atomic mass is 10.1. The zero-order valence-electron chi connectivity index (χ0n) is 12.1. The van der Waals surface area contributed by atoms with E-state index < -0.39 is 11.8 Å². The fourth-order valence-electron chi connectivity index (χ4n) is 1.57. The Morgan fingerprint density at radius 2 is 1.62 bits per heavy atom. The van der Waals surface area contributed by atoms with Crippen molar-refractivity contribution in [2.45, 2.75) is 20.3 Å². The molecule has 0 heterocycles. The fraction of sp³-hybridized carbons (Fsp3) is 0.312. The highest BCUT2D eigenvalue weighted by Gasteiger charge is 2.16. The molecule has 0 aliphatic rings. The van der Waals surface area contributed by atoms with Gasteiger partial charge in [-0.25, -0.2) is 4.79 Å². The van der Waals surface area contributed by atoms with Crippen LogP contribution in [0.2, 0.25) is 0 Å². The zero-order valence-corrected chi connectivity index (χ0v) is 12.1. The van der Waals surface area contributed by atoms with Crippen LogP contribution in [-0.2, 0) is 19.1 Å². The highest BCUT2D eigenvalue weighted by molar-refractivity contribution is 6.40. The summed E-state index contributed by atoms with van der Waals surface area (Å²) in [5.74, 6) is -1.81. The van der Waals surface area contributed by atoms with Crippen LogP contribution in [0.25, 0.3) is 6.08 Å². The van der Waals surface area contributed by atoms with Crippen LogP contribution in [0.1, 0.15) is 36.2 Å². The van der Waals surface area contributed by atoms with E-state index in [-0.39, 0.29) is 24.6 Å². The van der Waals surface area contributed by atoms with Gasteiger partial charge in [-0.05, 0) is 19.4 Å². The maximum absolute atomic E-state index is 11.7. The third-order valence-electron chi connectivity index (χ3n) is 2.53. The lowest BCUT2D eigenvalue weighted by Crippen LogP contribution is -2.17. The van der Waals surface area contributed by atoms with Gasteiger partial charge in [0, 0.05) is 5.56 Å². The van der Waals surface area contributed by atoms with Crippen LogP contribution in [0.15, 0.2) is 30.3 Å². The van der Waals surface area contributed by atoms with Gasteiger partial charge in [-0.15, -0.1) is 0 Å². The number of benzene rings is 1. The van der Waals surface area contributed by atoms with E-state index in [1.807, 2.05) is 0 Å². The van der Waals surface area contributed by atoms with Crippen LogP contribution in [-0.4, -0.2) is 30.9 Å². The molecule has 0 saturated heterocycles. The minimum Gasteiger partial charge on any atom is -0.466 e. The minimum absolute atomic E-state index is 0.166. The average molecular weight is 290 g/mol. The lowest BCUT2D eigenvalue weighted by molar-refractivity contribution is -0.142. The van der Waals surface area contributed by atoms with Crippen LogP contribution >= 0.6 is 0 Å². The van der Waals surface area contributed by atoms with Crippen LogP contribution in [0.4, 0.5) is 0 Å². The lowest BCUT2D eigenvalue weighted by Gasteiger charge is -2.01. The number of rotatable bonds is 7. The molecule has 1 aromatic carbocycles. The van der Waals surface area contributed by atoms with E-state index in [1.54, 1.807) is 50.3 Å². The molecule has 0 atom stereocenters. The Kier molecular flexibility index (Phi) is 6.87. The van der Waals surface area contributed by atoms with E-state index in [2.05, 4.69) is 4.74 Å². The summed E-state index contributed by atoms with van der Waals surface area (Å²) in [6.07, 6.45) is 3.62. The van der Waals surface area contributed by atoms with Crippen molar-refractivity contribution in [3.05, 3.63) is 41.5 Å². The summed E-state index contributed by atoms with van der Waals surface area (Å²) in [6.45, 7) is 3.92. The molecule has 1 aromatic rings. The number of esters is 2. The van der Waals surface area contributed by atoms with Gasteiger partial charge < -0.3 is 9.47 Å². The molecule has 21 heavy (non-hydrogen) atoms. The summed E-state index contributed by atoms with van der Waals surface area (Å²) in [6, 6.07) is 6.47. The topological polar surface area (TPSA) is 69.7 Å². The van der Waals surface area contributed by atoms with Crippen molar-refractivity contribution in [2.24, 2.45) is 0 Å². The first-order valence-corrected chi connectivity index (χ1v) is 6.72. The maximum Gasteiger partial charge on any atom is 0.379 e.